The molecule has 0 radical (unpaired) electrons. The molecule has 2 aromatic rings. The lowest BCUT2D eigenvalue weighted by molar-refractivity contribution is 0.293. The van der Waals surface area contributed by atoms with Crippen LogP contribution in [0.2, 0.25) is 0 Å². The first kappa shape index (κ1) is 16.0. The smallest absolute Gasteiger partial charge is 0.269 e. The fourth-order valence-electron chi connectivity index (χ4n) is 3.06. The summed E-state index contributed by atoms with van der Waals surface area (Å²) in [5.41, 5.74) is 2.17. The third kappa shape index (κ3) is 2.64. The minimum absolute atomic E-state index is 0.125. The summed E-state index contributed by atoms with van der Waals surface area (Å²) in [7, 11) is 0.234. The molecule has 0 bridgehead atoms. The molecule has 7 heteroatoms. The summed E-state index contributed by atoms with van der Waals surface area (Å²) in [6.45, 7) is 3.70. The SMILES string of the molecule is Cc1noc(C)c1S(=O)(=O)N1CC(N(C)C)Cc2ccccc21. The molecule has 1 aromatic heterocycles. The molecule has 0 fully saturated rings. The monoisotopic (exact) mass is 335 g/mol. The Hall–Kier alpha value is -1.86. The van der Waals surface area contributed by atoms with Gasteiger partial charge in [-0.05, 0) is 46.0 Å². The number of benzene rings is 1. The van der Waals surface area contributed by atoms with E-state index in [-0.39, 0.29) is 10.9 Å². The molecule has 3 rings (SSSR count). The topological polar surface area (TPSA) is 66.7 Å². The first-order valence-corrected chi connectivity index (χ1v) is 8.96. The standard InChI is InChI=1S/C16H21N3O3S/c1-11-16(12(2)22-17-11)23(20,21)19-10-14(18(3)4)9-13-7-5-6-8-15(13)19/h5-8,14H,9-10H2,1-4H3. The van der Waals surface area contributed by atoms with Crippen molar-refractivity contribution in [2.75, 3.05) is 24.9 Å². The van der Waals surface area contributed by atoms with Gasteiger partial charge in [0.1, 0.15) is 5.69 Å². The quantitative estimate of drug-likeness (QED) is 0.858. The number of aryl methyl sites for hydroxylation is 2. The highest BCUT2D eigenvalue weighted by Crippen LogP contribution is 2.34. The van der Waals surface area contributed by atoms with Crippen molar-refractivity contribution < 1.29 is 12.9 Å². The average Bonchev–Trinajstić information content (AvgIpc) is 2.85. The van der Waals surface area contributed by atoms with Crippen LogP contribution >= 0.6 is 0 Å². The van der Waals surface area contributed by atoms with Gasteiger partial charge in [0.15, 0.2) is 10.7 Å². The van der Waals surface area contributed by atoms with Crippen LogP contribution in [-0.2, 0) is 16.4 Å². The zero-order valence-corrected chi connectivity index (χ0v) is 14.6. The van der Waals surface area contributed by atoms with Gasteiger partial charge in [0.25, 0.3) is 10.0 Å². The molecule has 6 nitrogen and oxygen atoms in total. The van der Waals surface area contributed by atoms with Gasteiger partial charge in [0, 0.05) is 6.04 Å². The van der Waals surface area contributed by atoms with E-state index in [4.69, 9.17) is 4.52 Å². The Kier molecular flexibility index (Phi) is 3.93. The van der Waals surface area contributed by atoms with E-state index < -0.39 is 10.0 Å². The average molecular weight is 335 g/mol. The molecule has 1 aliphatic rings. The van der Waals surface area contributed by atoms with E-state index in [1.165, 1.54) is 4.31 Å². The Morgan fingerprint density at radius 1 is 1.26 bits per heavy atom. The van der Waals surface area contributed by atoms with Crippen LogP contribution < -0.4 is 4.31 Å². The second kappa shape index (κ2) is 5.65. The summed E-state index contributed by atoms with van der Waals surface area (Å²) in [5.74, 6) is 0.326. The minimum atomic E-state index is -3.71. The van der Waals surface area contributed by atoms with Crippen molar-refractivity contribution in [1.82, 2.24) is 10.1 Å². The minimum Gasteiger partial charge on any atom is -0.360 e. The third-order valence-corrected chi connectivity index (χ3v) is 6.36. The zero-order valence-electron chi connectivity index (χ0n) is 13.8. The molecule has 0 amide bonds. The molecule has 0 aliphatic carbocycles. The van der Waals surface area contributed by atoms with Crippen LogP contribution in [0, 0.1) is 13.8 Å². The summed E-state index contributed by atoms with van der Waals surface area (Å²) in [5, 5.41) is 3.80. The van der Waals surface area contributed by atoms with Gasteiger partial charge in [0.05, 0.1) is 12.2 Å². The van der Waals surface area contributed by atoms with Crippen LogP contribution in [0.15, 0.2) is 33.7 Å². The predicted octanol–water partition coefficient (Wildman–Crippen LogP) is 1.97. The van der Waals surface area contributed by atoms with E-state index in [0.29, 0.717) is 18.0 Å². The van der Waals surface area contributed by atoms with Crippen LogP contribution in [0.25, 0.3) is 0 Å². The van der Waals surface area contributed by atoms with Gasteiger partial charge in [0.2, 0.25) is 0 Å². The van der Waals surface area contributed by atoms with Gasteiger partial charge in [-0.25, -0.2) is 8.42 Å². The normalized spacial score (nSPS) is 18.3. The zero-order chi connectivity index (χ0) is 16.8. The molecule has 0 spiro atoms. The summed E-state index contributed by atoms with van der Waals surface area (Å²) >= 11 is 0. The summed E-state index contributed by atoms with van der Waals surface area (Å²) in [6.07, 6.45) is 0.830. The molecular weight excluding hydrogens is 314 g/mol. The molecule has 2 heterocycles. The van der Waals surface area contributed by atoms with E-state index in [1.807, 2.05) is 38.4 Å². The largest absolute Gasteiger partial charge is 0.360 e. The van der Waals surface area contributed by atoms with E-state index in [1.54, 1.807) is 13.8 Å². The van der Waals surface area contributed by atoms with Crippen molar-refractivity contribution in [3.05, 3.63) is 41.3 Å². The van der Waals surface area contributed by atoms with Crippen molar-refractivity contribution >= 4 is 15.7 Å². The second-order valence-electron chi connectivity index (χ2n) is 6.14. The molecule has 0 saturated heterocycles. The maximum Gasteiger partial charge on any atom is 0.269 e. The summed E-state index contributed by atoms with van der Waals surface area (Å²) in [6, 6.07) is 7.78. The Bertz CT molecular complexity index is 807. The molecule has 0 saturated carbocycles. The van der Waals surface area contributed by atoms with Gasteiger partial charge in [-0.2, -0.15) is 0 Å². The van der Waals surface area contributed by atoms with E-state index >= 15 is 0 Å². The molecule has 1 unspecified atom stereocenters. The number of hydrogen-bond acceptors (Lipinski definition) is 5. The number of nitrogens with zero attached hydrogens (tertiary/aromatic N) is 3. The number of rotatable bonds is 3. The number of likely N-dealkylation sites (N-methyl/N-ethyl adjacent to an activating group) is 1. The number of aromatic nitrogens is 1. The number of fused-ring (bicyclic) bond motifs is 1. The summed E-state index contributed by atoms with van der Waals surface area (Å²) < 4.78 is 33.0. The highest BCUT2D eigenvalue weighted by Gasteiger charge is 2.37. The van der Waals surface area contributed by atoms with E-state index in [2.05, 4.69) is 10.1 Å². The lowest BCUT2D eigenvalue weighted by atomic mass is 9.99. The first-order valence-electron chi connectivity index (χ1n) is 7.52. The highest BCUT2D eigenvalue weighted by molar-refractivity contribution is 7.93. The van der Waals surface area contributed by atoms with Crippen molar-refractivity contribution in [3.8, 4) is 0 Å². The van der Waals surface area contributed by atoms with Gasteiger partial charge in [-0.1, -0.05) is 23.4 Å². The Balaban J connectivity index is 2.14. The summed E-state index contributed by atoms with van der Waals surface area (Å²) in [4.78, 5) is 2.23. The van der Waals surface area contributed by atoms with Crippen molar-refractivity contribution in [3.63, 3.8) is 0 Å². The van der Waals surface area contributed by atoms with Gasteiger partial charge in [-0.3, -0.25) is 4.31 Å². The van der Waals surface area contributed by atoms with Crippen LogP contribution in [-0.4, -0.2) is 45.2 Å². The number of sulfonamides is 1. The molecule has 1 atom stereocenters. The molecule has 1 aromatic carbocycles. The molecule has 0 N–H and O–H groups in total. The van der Waals surface area contributed by atoms with Crippen LogP contribution in [0.3, 0.4) is 0 Å². The van der Waals surface area contributed by atoms with E-state index in [9.17, 15) is 8.42 Å². The number of para-hydroxylation sites is 1. The van der Waals surface area contributed by atoms with Gasteiger partial charge in [-0.15, -0.1) is 0 Å². The molecule has 1 aliphatic heterocycles. The predicted molar refractivity (Wildman–Crippen MR) is 88.1 cm³/mol. The first-order chi connectivity index (χ1) is 10.8. The Labute approximate surface area is 136 Å². The van der Waals surface area contributed by atoms with Gasteiger partial charge < -0.3 is 9.42 Å². The highest BCUT2D eigenvalue weighted by atomic mass is 32.2. The Morgan fingerprint density at radius 3 is 2.57 bits per heavy atom. The molecule has 23 heavy (non-hydrogen) atoms. The maximum atomic E-state index is 13.2. The van der Waals surface area contributed by atoms with Gasteiger partial charge >= 0.3 is 0 Å². The van der Waals surface area contributed by atoms with Crippen LogP contribution in [0.1, 0.15) is 17.0 Å². The third-order valence-electron chi connectivity index (χ3n) is 4.34. The van der Waals surface area contributed by atoms with Crippen LogP contribution in [0.5, 0.6) is 0 Å². The number of anilines is 1. The van der Waals surface area contributed by atoms with Crippen LogP contribution in [0.4, 0.5) is 5.69 Å². The molecular formula is C16H21N3O3S. The maximum absolute atomic E-state index is 13.2. The Morgan fingerprint density at radius 2 is 1.96 bits per heavy atom. The van der Waals surface area contributed by atoms with Crippen molar-refractivity contribution in [2.45, 2.75) is 31.2 Å². The lowest BCUT2D eigenvalue weighted by Gasteiger charge is -2.37. The molecule has 124 valence electrons. The van der Waals surface area contributed by atoms with Crippen molar-refractivity contribution in [1.29, 1.82) is 0 Å². The van der Waals surface area contributed by atoms with E-state index in [0.717, 1.165) is 17.7 Å². The lowest BCUT2D eigenvalue weighted by Crippen LogP contribution is -2.48. The van der Waals surface area contributed by atoms with Crippen molar-refractivity contribution in [2.24, 2.45) is 0 Å². The second-order valence-corrected chi connectivity index (χ2v) is 7.94. The fraction of sp³-hybridized carbons (Fsp3) is 0.438. The fourth-order valence-corrected chi connectivity index (χ4v) is 4.90. The number of hydrogen-bond donors (Lipinski definition) is 0.